The minimum Gasteiger partial charge on any atom is -0.495 e. The van der Waals surface area contributed by atoms with E-state index in [-0.39, 0.29) is 5.75 Å². The molecule has 0 unspecified atom stereocenters. The minimum absolute atomic E-state index is 0.226. The minimum atomic E-state index is -3.92. The zero-order chi connectivity index (χ0) is 17.9. The van der Waals surface area contributed by atoms with E-state index in [1.807, 2.05) is 13.8 Å². The monoisotopic (exact) mass is 352 g/mol. The fourth-order valence-electron chi connectivity index (χ4n) is 2.27. The van der Waals surface area contributed by atoms with Crippen LogP contribution in [0.4, 0.5) is 0 Å². The molecule has 0 radical (unpaired) electrons. The predicted octanol–water partition coefficient (Wildman–Crippen LogP) is 1.60. The Kier molecular flexibility index (Phi) is 10.1. The maximum Gasteiger partial charge on any atom is 0.336 e. The van der Waals surface area contributed by atoms with E-state index in [2.05, 4.69) is 0 Å². The number of nitrogens with zero attached hydrogens (tertiary/aromatic N) is 1. The third-order valence-electron chi connectivity index (χ3n) is 3.92. The molecule has 8 heteroatoms. The van der Waals surface area contributed by atoms with Crippen LogP contribution in [-0.2, 0) is 24.4 Å². The zero-order valence-corrected chi connectivity index (χ0v) is 15.4. The van der Waals surface area contributed by atoms with Gasteiger partial charge in [0.15, 0.2) is 0 Å². The molecule has 23 heavy (non-hydrogen) atoms. The number of esters is 1. The maximum absolute atomic E-state index is 11.4. The molecule has 0 fully saturated rings. The van der Waals surface area contributed by atoms with Crippen molar-refractivity contribution in [3.8, 4) is 0 Å². The van der Waals surface area contributed by atoms with Gasteiger partial charge in [0.05, 0.1) is 43.8 Å². The topological polar surface area (TPSA) is 89.9 Å². The van der Waals surface area contributed by atoms with E-state index in [0.717, 1.165) is 13.1 Å². The molecule has 0 spiro atoms. The molecule has 0 aromatic heterocycles. The van der Waals surface area contributed by atoms with Crippen molar-refractivity contribution in [2.75, 3.05) is 45.1 Å². The van der Waals surface area contributed by atoms with E-state index in [0.29, 0.717) is 42.8 Å². The molecule has 7 nitrogen and oxygen atoms in total. The standard InChI is InChI=1S/C15H29NO6S/c1-5-16(6-2,9-8-12-23(18,19)20)10-11-21-13-14(4)15(17)22-7-3/h13H,5-12H2,1-4H3/p+1. The van der Waals surface area contributed by atoms with Crippen molar-refractivity contribution in [1.82, 2.24) is 0 Å². The summed E-state index contributed by atoms with van der Waals surface area (Å²) in [7, 11) is -3.92. The van der Waals surface area contributed by atoms with Gasteiger partial charge < -0.3 is 14.0 Å². The molecular formula is C15H30NO6S+. The molecule has 0 aliphatic heterocycles. The van der Waals surface area contributed by atoms with Crippen LogP contribution in [0.1, 0.15) is 34.1 Å². The summed E-state index contributed by atoms with van der Waals surface area (Å²) in [5.41, 5.74) is 0.407. The molecule has 136 valence electrons. The second-order valence-electron chi connectivity index (χ2n) is 5.45. The third-order valence-corrected chi connectivity index (χ3v) is 4.72. The second-order valence-corrected chi connectivity index (χ2v) is 7.03. The van der Waals surface area contributed by atoms with Crippen LogP contribution >= 0.6 is 0 Å². The molecule has 0 bridgehead atoms. The highest BCUT2D eigenvalue weighted by atomic mass is 32.2. The molecule has 0 heterocycles. The van der Waals surface area contributed by atoms with Crippen molar-refractivity contribution in [1.29, 1.82) is 0 Å². The Morgan fingerprint density at radius 3 is 2.26 bits per heavy atom. The van der Waals surface area contributed by atoms with Gasteiger partial charge in [0.25, 0.3) is 10.1 Å². The van der Waals surface area contributed by atoms with E-state index in [9.17, 15) is 13.2 Å². The Hall–Kier alpha value is -1.12. The first kappa shape index (κ1) is 21.9. The summed E-state index contributed by atoms with van der Waals surface area (Å²) in [6.07, 6.45) is 1.80. The lowest BCUT2D eigenvalue weighted by atomic mass is 10.3. The molecular weight excluding hydrogens is 322 g/mol. The molecule has 0 saturated carbocycles. The van der Waals surface area contributed by atoms with E-state index in [4.69, 9.17) is 14.0 Å². The number of hydrogen-bond acceptors (Lipinski definition) is 5. The summed E-state index contributed by atoms with van der Waals surface area (Å²) >= 11 is 0. The quantitative estimate of drug-likeness (QED) is 0.143. The van der Waals surface area contributed by atoms with Crippen molar-refractivity contribution in [2.24, 2.45) is 0 Å². The van der Waals surface area contributed by atoms with Crippen molar-refractivity contribution < 1.29 is 31.7 Å². The highest BCUT2D eigenvalue weighted by molar-refractivity contribution is 7.85. The molecule has 0 amide bonds. The molecule has 0 aliphatic rings. The van der Waals surface area contributed by atoms with Crippen LogP contribution in [0.2, 0.25) is 0 Å². The lowest BCUT2D eigenvalue weighted by Crippen LogP contribution is -2.50. The van der Waals surface area contributed by atoms with E-state index in [1.165, 1.54) is 6.26 Å². The number of rotatable bonds is 12. The summed E-state index contributed by atoms with van der Waals surface area (Å²) in [5.74, 6) is -0.622. The van der Waals surface area contributed by atoms with Crippen LogP contribution in [0.25, 0.3) is 0 Å². The van der Waals surface area contributed by atoms with Crippen LogP contribution in [0.3, 0.4) is 0 Å². The van der Waals surface area contributed by atoms with Crippen LogP contribution in [0.5, 0.6) is 0 Å². The average Bonchev–Trinajstić information content (AvgIpc) is 2.48. The molecule has 1 N–H and O–H groups in total. The van der Waals surface area contributed by atoms with E-state index < -0.39 is 16.1 Å². The van der Waals surface area contributed by atoms with Gasteiger partial charge in [0, 0.05) is 6.42 Å². The van der Waals surface area contributed by atoms with E-state index >= 15 is 0 Å². The maximum atomic E-state index is 11.4. The first-order valence-corrected chi connectivity index (χ1v) is 9.56. The van der Waals surface area contributed by atoms with Gasteiger partial charge >= 0.3 is 5.97 Å². The Bertz CT molecular complexity index is 482. The number of ether oxygens (including phenoxy) is 2. The molecule has 0 rings (SSSR count). The lowest BCUT2D eigenvalue weighted by Gasteiger charge is -2.36. The van der Waals surface area contributed by atoms with Gasteiger partial charge in [-0.1, -0.05) is 0 Å². The van der Waals surface area contributed by atoms with Gasteiger partial charge in [-0.3, -0.25) is 4.55 Å². The molecule has 0 aromatic rings. The van der Waals surface area contributed by atoms with Gasteiger partial charge in [0.1, 0.15) is 13.2 Å². The summed E-state index contributed by atoms with van der Waals surface area (Å²) in [4.78, 5) is 11.4. The fourth-order valence-corrected chi connectivity index (χ4v) is 2.77. The molecule has 0 saturated heterocycles. The van der Waals surface area contributed by atoms with Gasteiger partial charge in [-0.25, -0.2) is 4.79 Å². The smallest absolute Gasteiger partial charge is 0.336 e. The third kappa shape index (κ3) is 9.58. The first-order chi connectivity index (χ1) is 10.7. The van der Waals surface area contributed by atoms with Crippen LogP contribution in [0.15, 0.2) is 11.8 Å². The largest absolute Gasteiger partial charge is 0.495 e. The van der Waals surface area contributed by atoms with Crippen molar-refractivity contribution >= 4 is 16.1 Å². The SMILES string of the molecule is CCOC(=O)C(C)=COCC[N+](CC)(CC)CCCS(=O)(=O)O. The first-order valence-electron chi connectivity index (χ1n) is 7.95. The number of likely N-dealkylation sites (N-methyl/N-ethyl adjacent to an activating group) is 1. The number of hydrogen-bond donors (Lipinski definition) is 1. The van der Waals surface area contributed by atoms with Crippen LogP contribution < -0.4 is 0 Å². The van der Waals surface area contributed by atoms with Gasteiger partial charge in [-0.15, -0.1) is 0 Å². The summed E-state index contributed by atoms with van der Waals surface area (Å²) < 4.78 is 41.4. The molecule has 0 aliphatic carbocycles. The lowest BCUT2D eigenvalue weighted by molar-refractivity contribution is -0.925. The van der Waals surface area contributed by atoms with Crippen molar-refractivity contribution in [3.05, 3.63) is 11.8 Å². The van der Waals surface area contributed by atoms with Crippen LogP contribution in [-0.4, -0.2) is 68.6 Å². The van der Waals surface area contributed by atoms with Crippen LogP contribution in [0, 0.1) is 0 Å². The molecule has 0 atom stereocenters. The average molecular weight is 352 g/mol. The Morgan fingerprint density at radius 2 is 1.78 bits per heavy atom. The Balaban J connectivity index is 4.42. The van der Waals surface area contributed by atoms with Crippen molar-refractivity contribution in [2.45, 2.75) is 34.1 Å². The van der Waals surface area contributed by atoms with Crippen molar-refractivity contribution in [3.63, 3.8) is 0 Å². The molecule has 0 aromatic carbocycles. The summed E-state index contributed by atoms with van der Waals surface area (Å²) in [6.45, 7) is 11.2. The Morgan fingerprint density at radius 1 is 1.17 bits per heavy atom. The number of quaternary nitrogens is 1. The highest BCUT2D eigenvalue weighted by Crippen LogP contribution is 2.09. The number of carbonyl (C=O) groups excluding carboxylic acids is 1. The zero-order valence-electron chi connectivity index (χ0n) is 14.6. The van der Waals surface area contributed by atoms with Gasteiger partial charge in [0.2, 0.25) is 0 Å². The van der Waals surface area contributed by atoms with E-state index in [1.54, 1.807) is 13.8 Å². The summed E-state index contributed by atoms with van der Waals surface area (Å²) in [5, 5.41) is 0. The normalized spacial score (nSPS) is 13.0. The fraction of sp³-hybridized carbons (Fsp3) is 0.800. The highest BCUT2D eigenvalue weighted by Gasteiger charge is 2.23. The number of carbonyl (C=O) groups is 1. The second kappa shape index (κ2) is 10.6. The van der Waals surface area contributed by atoms with Gasteiger partial charge in [-0.05, 0) is 27.7 Å². The Labute approximate surface area is 139 Å². The summed E-state index contributed by atoms with van der Waals surface area (Å²) in [6, 6.07) is 0. The predicted molar refractivity (Wildman–Crippen MR) is 88.5 cm³/mol. The van der Waals surface area contributed by atoms with Gasteiger partial charge in [-0.2, -0.15) is 8.42 Å².